The zero-order valence-corrected chi connectivity index (χ0v) is 14.9. The summed E-state index contributed by atoms with van der Waals surface area (Å²) >= 11 is 0. The van der Waals surface area contributed by atoms with Gasteiger partial charge in [-0.15, -0.1) is 12.4 Å². The zero-order valence-electron chi connectivity index (χ0n) is 14.1. The molecule has 0 bridgehead atoms. The van der Waals surface area contributed by atoms with Crippen molar-refractivity contribution in [3.8, 4) is 0 Å². The molecule has 19 heteroatoms. The highest BCUT2D eigenvalue weighted by atomic mass is 35.5. The molecule has 0 saturated heterocycles. The molecule has 3 rings (SSSR count). The van der Waals surface area contributed by atoms with Crippen molar-refractivity contribution in [3.63, 3.8) is 0 Å². The Balaban J connectivity index is 0.000000384. The molecule has 3 aromatic rings. The molecule has 0 fully saturated rings. The van der Waals surface area contributed by atoms with E-state index in [0.29, 0.717) is 0 Å². The van der Waals surface area contributed by atoms with Crippen molar-refractivity contribution >= 4 is 65.9 Å². The number of anilines is 9. The van der Waals surface area contributed by atoms with E-state index < -0.39 is 0 Å². The lowest BCUT2D eigenvalue weighted by atomic mass is 10.9. The summed E-state index contributed by atoms with van der Waals surface area (Å²) < 4.78 is 0. The molecule has 3 heterocycles. The van der Waals surface area contributed by atoms with Gasteiger partial charge >= 0.3 is 0 Å². The van der Waals surface area contributed by atoms with Gasteiger partial charge in [0.1, 0.15) is 0 Å². The third kappa shape index (κ3) is 9.12. The minimum atomic E-state index is 0. The highest BCUT2D eigenvalue weighted by Gasteiger charge is 1.95. The number of nitrogens with zero attached hydrogens (tertiary/aromatic N) is 9. The van der Waals surface area contributed by atoms with Gasteiger partial charge in [-0.25, -0.2) is 0 Å². The molecule has 0 aliphatic heterocycles. The van der Waals surface area contributed by atoms with Crippen LogP contribution in [0.5, 0.6) is 0 Å². The summed E-state index contributed by atoms with van der Waals surface area (Å²) in [5.41, 5.74) is 46.2. The third-order valence-electron chi connectivity index (χ3n) is 2.06. The molecule has 0 radical (unpaired) electrons. The minimum Gasteiger partial charge on any atom is -0.368 e. The second-order valence-electron chi connectivity index (χ2n) is 4.23. The first kappa shape index (κ1) is 23.5. The Morgan fingerprint density at radius 2 is 0.321 bits per heavy atom. The van der Waals surface area contributed by atoms with E-state index in [2.05, 4.69) is 44.9 Å². The number of aromatic nitrogens is 9. The molecule has 152 valence electrons. The van der Waals surface area contributed by atoms with E-state index in [-0.39, 0.29) is 65.9 Å². The Bertz CT molecular complexity index is 631. The van der Waals surface area contributed by atoms with Crippen molar-refractivity contribution in [2.24, 2.45) is 0 Å². The summed E-state index contributed by atoms with van der Waals surface area (Å²) in [5.74, 6) is 0.375. The minimum absolute atomic E-state index is 0. The van der Waals surface area contributed by atoms with Crippen molar-refractivity contribution in [2.75, 3.05) is 51.6 Å². The molecule has 28 heavy (non-hydrogen) atoms. The Hall–Kier alpha value is -4.48. The Labute approximate surface area is 163 Å². The van der Waals surface area contributed by atoms with Gasteiger partial charge in [0, 0.05) is 0 Å². The van der Waals surface area contributed by atoms with Crippen LogP contribution in [0.1, 0.15) is 0 Å². The maximum absolute atomic E-state index is 5.14. The average Bonchev–Trinajstić information content (AvgIpc) is 2.43. The number of nitrogens with two attached hydrogens (primary N) is 9. The van der Waals surface area contributed by atoms with Gasteiger partial charge in [-0.3, -0.25) is 0 Å². The van der Waals surface area contributed by atoms with E-state index in [4.69, 9.17) is 51.6 Å². The second-order valence-corrected chi connectivity index (χ2v) is 4.23. The van der Waals surface area contributed by atoms with Gasteiger partial charge in [0.15, 0.2) is 0 Å². The standard InChI is InChI=1S/3C3H6N6.ClH/c3*4-1-7-2(5)9-3(6)8-1;/h3*(H6,4,5,6,7,8,9);1H. The van der Waals surface area contributed by atoms with E-state index in [9.17, 15) is 0 Å². The van der Waals surface area contributed by atoms with Crippen LogP contribution in [-0.4, -0.2) is 44.9 Å². The molecule has 0 saturated carbocycles. The van der Waals surface area contributed by atoms with Crippen LogP contribution in [0.3, 0.4) is 0 Å². The summed E-state index contributed by atoms with van der Waals surface area (Å²) in [6.07, 6.45) is 0. The number of hydrogen-bond acceptors (Lipinski definition) is 18. The van der Waals surface area contributed by atoms with Gasteiger partial charge in [0.05, 0.1) is 0 Å². The maximum atomic E-state index is 5.14. The molecule has 18 nitrogen and oxygen atoms in total. The van der Waals surface area contributed by atoms with Crippen LogP contribution in [-0.2, 0) is 0 Å². The highest BCUT2D eigenvalue weighted by molar-refractivity contribution is 5.85. The first-order valence-corrected chi connectivity index (χ1v) is 6.62. The molecule has 0 amide bonds. The molecule has 0 unspecified atom stereocenters. The van der Waals surface area contributed by atoms with Crippen LogP contribution in [0.15, 0.2) is 0 Å². The van der Waals surface area contributed by atoms with Crippen LogP contribution < -0.4 is 51.6 Å². The predicted molar refractivity (Wildman–Crippen MR) is 106 cm³/mol. The van der Waals surface area contributed by atoms with Crippen molar-refractivity contribution in [1.29, 1.82) is 0 Å². The predicted octanol–water partition coefficient (Wildman–Crippen LogP) is -3.72. The Morgan fingerprint density at radius 1 is 0.250 bits per heavy atom. The van der Waals surface area contributed by atoms with E-state index in [1.807, 2.05) is 0 Å². The lowest BCUT2D eigenvalue weighted by molar-refractivity contribution is 1.09. The molecule has 18 N–H and O–H groups in total. The van der Waals surface area contributed by atoms with E-state index in [0.717, 1.165) is 0 Å². The summed E-state index contributed by atoms with van der Waals surface area (Å²) in [7, 11) is 0. The fourth-order valence-electron chi connectivity index (χ4n) is 1.28. The molecule has 0 spiro atoms. The monoisotopic (exact) mass is 414 g/mol. The molecule has 0 aromatic carbocycles. The number of halogens is 1. The lowest BCUT2D eigenvalue weighted by Gasteiger charge is -1.93. The van der Waals surface area contributed by atoms with E-state index in [1.165, 1.54) is 0 Å². The summed E-state index contributed by atoms with van der Waals surface area (Å²) in [4.78, 5) is 31.4. The highest BCUT2D eigenvalue weighted by Crippen LogP contribution is 1.98. The lowest BCUT2D eigenvalue weighted by Crippen LogP contribution is -2.05. The van der Waals surface area contributed by atoms with Crippen LogP contribution in [0.2, 0.25) is 0 Å². The average molecular weight is 415 g/mol. The molecular weight excluding hydrogens is 396 g/mol. The largest absolute Gasteiger partial charge is 0.368 e. The first-order valence-electron chi connectivity index (χ1n) is 6.62. The Kier molecular flexibility index (Phi) is 8.82. The molecule has 0 aliphatic rings. The van der Waals surface area contributed by atoms with Crippen molar-refractivity contribution in [2.45, 2.75) is 0 Å². The van der Waals surface area contributed by atoms with E-state index in [1.54, 1.807) is 0 Å². The quantitative estimate of drug-likeness (QED) is 0.170. The SMILES string of the molecule is Cl.Nc1nc(N)nc(N)n1.Nc1nc(N)nc(N)n1.Nc1nc(N)nc(N)n1. The zero-order chi connectivity index (χ0) is 20.6. The maximum Gasteiger partial charge on any atom is 0.226 e. The van der Waals surface area contributed by atoms with Crippen molar-refractivity contribution < 1.29 is 0 Å². The molecule has 3 aromatic heterocycles. The van der Waals surface area contributed by atoms with Crippen LogP contribution in [0.4, 0.5) is 53.5 Å². The van der Waals surface area contributed by atoms with E-state index >= 15 is 0 Å². The van der Waals surface area contributed by atoms with Crippen LogP contribution in [0.25, 0.3) is 0 Å². The van der Waals surface area contributed by atoms with Gasteiger partial charge in [0.25, 0.3) is 0 Å². The van der Waals surface area contributed by atoms with Gasteiger partial charge in [-0.2, -0.15) is 44.9 Å². The molecule has 0 aliphatic carbocycles. The molecule has 0 atom stereocenters. The topological polar surface area (TPSA) is 350 Å². The first-order chi connectivity index (χ1) is 12.5. The smallest absolute Gasteiger partial charge is 0.226 e. The van der Waals surface area contributed by atoms with Crippen molar-refractivity contribution in [3.05, 3.63) is 0 Å². The number of nitrogen functional groups attached to an aromatic ring is 9. The summed E-state index contributed by atoms with van der Waals surface area (Å²) in [6, 6.07) is 0. The van der Waals surface area contributed by atoms with Crippen LogP contribution >= 0.6 is 12.4 Å². The second kappa shape index (κ2) is 10.5. The Morgan fingerprint density at radius 3 is 0.393 bits per heavy atom. The van der Waals surface area contributed by atoms with Gasteiger partial charge in [0.2, 0.25) is 53.5 Å². The number of rotatable bonds is 0. The molecular formula is C9H19ClN18. The fourth-order valence-corrected chi connectivity index (χ4v) is 1.28. The van der Waals surface area contributed by atoms with Crippen molar-refractivity contribution in [1.82, 2.24) is 44.9 Å². The summed E-state index contributed by atoms with van der Waals surface area (Å²) in [6.45, 7) is 0. The summed E-state index contributed by atoms with van der Waals surface area (Å²) in [5, 5.41) is 0. The number of hydrogen-bond donors (Lipinski definition) is 9. The van der Waals surface area contributed by atoms with Crippen LogP contribution in [0, 0.1) is 0 Å². The van der Waals surface area contributed by atoms with Gasteiger partial charge in [-0.05, 0) is 0 Å². The van der Waals surface area contributed by atoms with Gasteiger partial charge < -0.3 is 51.6 Å². The fraction of sp³-hybridized carbons (Fsp3) is 0. The van der Waals surface area contributed by atoms with Gasteiger partial charge in [-0.1, -0.05) is 0 Å². The normalized spacial score (nSPS) is 9.00. The third-order valence-corrected chi connectivity index (χ3v) is 2.06.